The highest BCUT2D eigenvalue weighted by molar-refractivity contribution is 7.89. The lowest BCUT2D eigenvalue weighted by molar-refractivity contribution is 0.0996. The molecule has 0 radical (unpaired) electrons. The van der Waals surface area contributed by atoms with Gasteiger partial charge in [0.1, 0.15) is 4.90 Å². The lowest BCUT2D eigenvalue weighted by Crippen LogP contribution is -2.41. The van der Waals surface area contributed by atoms with E-state index in [0.717, 1.165) is 19.3 Å². The summed E-state index contributed by atoms with van der Waals surface area (Å²) in [5.41, 5.74) is 0. The molecule has 20 heavy (non-hydrogen) atoms. The number of nitrogens with one attached hydrogen (secondary N) is 1. The van der Waals surface area contributed by atoms with Gasteiger partial charge in [-0.05, 0) is 25.7 Å². The second kappa shape index (κ2) is 5.44. The normalized spacial score (nSPS) is 29.1. The number of fused-ring (bicyclic) bond motifs is 2. The maximum Gasteiger partial charge on any atom is 0.244 e. The highest BCUT2D eigenvalue weighted by Gasteiger charge is 2.42. The summed E-state index contributed by atoms with van der Waals surface area (Å²) < 4.78 is 34.5. The summed E-state index contributed by atoms with van der Waals surface area (Å²) in [5.74, 6) is 0. The first-order valence-corrected chi connectivity index (χ1v) is 8.38. The van der Waals surface area contributed by atoms with Crippen LogP contribution in [-0.2, 0) is 21.3 Å². The van der Waals surface area contributed by atoms with Gasteiger partial charge in [0.15, 0.2) is 0 Å². The molecule has 3 atom stereocenters. The number of ether oxygens (including phenoxy) is 1. The highest BCUT2D eigenvalue weighted by Crippen LogP contribution is 2.34. The van der Waals surface area contributed by atoms with Crippen molar-refractivity contribution in [3.8, 4) is 0 Å². The average Bonchev–Trinajstić information content (AvgIpc) is 3.11. The Kier molecular flexibility index (Phi) is 3.80. The molecule has 2 bridgehead atoms. The van der Waals surface area contributed by atoms with Crippen molar-refractivity contribution >= 4 is 10.0 Å². The second-order valence-electron chi connectivity index (χ2n) is 5.35. The summed E-state index contributed by atoms with van der Waals surface area (Å²) in [6.07, 6.45) is 6.31. The summed E-state index contributed by atoms with van der Waals surface area (Å²) in [6.45, 7) is 0.561. The predicted octanol–water partition coefficient (Wildman–Crippen LogP) is -0.136. The Labute approximate surface area is 118 Å². The fourth-order valence-corrected chi connectivity index (χ4v) is 4.10. The minimum absolute atomic E-state index is 0.0132. The van der Waals surface area contributed by atoms with E-state index in [1.54, 1.807) is 0 Å². The van der Waals surface area contributed by atoms with Crippen molar-refractivity contribution in [2.75, 3.05) is 6.61 Å². The van der Waals surface area contributed by atoms with E-state index in [4.69, 9.17) is 9.84 Å². The minimum atomic E-state index is -3.55. The van der Waals surface area contributed by atoms with Crippen molar-refractivity contribution < 1.29 is 18.3 Å². The molecule has 2 fully saturated rings. The van der Waals surface area contributed by atoms with Crippen LogP contribution in [0, 0.1) is 0 Å². The third-order valence-corrected chi connectivity index (χ3v) is 5.32. The molecule has 2 aliphatic heterocycles. The maximum absolute atomic E-state index is 12.3. The maximum atomic E-state index is 12.3. The van der Waals surface area contributed by atoms with E-state index < -0.39 is 10.0 Å². The topological polar surface area (TPSA) is 93.5 Å². The molecule has 3 rings (SSSR count). The van der Waals surface area contributed by atoms with E-state index in [2.05, 4.69) is 9.82 Å². The van der Waals surface area contributed by atoms with Gasteiger partial charge < -0.3 is 9.84 Å². The molecule has 0 saturated carbocycles. The number of hydrogen-bond donors (Lipinski definition) is 2. The Morgan fingerprint density at radius 3 is 3.00 bits per heavy atom. The Bertz CT molecular complexity index is 571. The number of nitrogens with zero attached hydrogens (tertiary/aromatic N) is 2. The van der Waals surface area contributed by atoms with Crippen LogP contribution in [0.5, 0.6) is 0 Å². The van der Waals surface area contributed by atoms with E-state index in [-0.39, 0.29) is 29.8 Å². The number of rotatable bonds is 6. The van der Waals surface area contributed by atoms with Crippen molar-refractivity contribution in [2.45, 2.75) is 55.4 Å². The van der Waals surface area contributed by atoms with Crippen molar-refractivity contribution in [2.24, 2.45) is 0 Å². The standard InChI is InChI=1S/C12H19N3O4S/c16-5-1-4-15-8-10(7-13-15)20(17,18)14-11-6-9-2-3-12(11)19-9/h7-9,11-12,14,16H,1-6H2. The number of sulfonamides is 1. The van der Waals surface area contributed by atoms with Crippen LogP contribution in [0.4, 0.5) is 0 Å². The molecule has 3 heterocycles. The monoisotopic (exact) mass is 301 g/mol. The fraction of sp³-hybridized carbons (Fsp3) is 0.750. The van der Waals surface area contributed by atoms with E-state index >= 15 is 0 Å². The van der Waals surface area contributed by atoms with Crippen LogP contribution in [0.3, 0.4) is 0 Å². The number of hydrogen-bond acceptors (Lipinski definition) is 5. The molecule has 8 heteroatoms. The molecule has 0 spiro atoms. The molecule has 112 valence electrons. The lowest BCUT2D eigenvalue weighted by Gasteiger charge is -2.19. The molecule has 1 aromatic rings. The number of aryl methyl sites for hydroxylation is 1. The van der Waals surface area contributed by atoms with Crippen LogP contribution < -0.4 is 4.72 Å². The largest absolute Gasteiger partial charge is 0.396 e. The molecule has 2 aliphatic rings. The summed E-state index contributed by atoms with van der Waals surface area (Å²) >= 11 is 0. The van der Waals surface area contributed by atoms with Gasteiger partial charge in [-0.25, -0.2) is 13.1 Å². The summed E-state index contributed by atoms with van der Waals surface area (Å²) in [5, 5.41) is 12.8. The van der Waals surface area contributed by atoms with Gasteiger partial charge in [0.25, 0.3) is 0 Å². The van der Waals surface area contributed by atoms with Gasteiger partial charge in [-0.2, -0.15) is 5.10 Å². The molecule has 2 N–H and O–H groups in total. The van der Waals surface area contributed by atoms with Gasteiger partial charge in [0.05, 0.1) is 24.4 Å². The summed E-state index contributed by atoms with van der Waals surface area (Å²) in [7, 11) is -3.55. The van der Waals surface area contributed by atoms with E-state index in [0.29, 0.717) is 13.0 Å². The Hall–Kier alpha value is -0.960. The molecule has 0 aliphatic carbocycles. The number of aliphatic hydroxyl groups is 1. The van der Waals surface area contributed by atoms with Crippen LogP contribution in [0.1, 0.15) is 25.7 Å². The zero-order valence-corrected chi connectivity index (χ0v) is 11.9. The smallest absolute Gasteiger partial charge is 0.244 e. The Morgan fingerprint density at radius 2 is 2.35 bits per heavy atom. The van der Waals surface area contributed by atoms with Gasteiger partial charge in [0.2, 0.25) is 10.0 Å². The molecular formula is C12H19N3O4S. The minimum Gasteiger partial charge on any atom is -0.396 e. The molecule has 3 unspecified atom stereocenters. The van der Waals surface area contributed by atoms with Gasteiger partial charge in [-0.3, -0.25) is 4.68 Å². The summed E-state index contributed by atoms with van der Waals surface area (Å²) in [6, 6.07) is -0.125. The summed E-state index contributed by atoms with van der Waals surface area (Å²) in [4.78, 5) is 0.165. The number of aromatic nitrogens is 2. The molecule has 7 nitrogen and oxygen atoms in total. The average molecular weight is 301 g/mol. The van der Waals surface area contributed by atoms with Crippen molar-refractivity contribution in [1.29, 1.82) is 0 Å². The SMILES string of the molecule is O=S(=O)(NC1CC2CCC1O2)c1cnn(CCCO)c1. The molecule has 2 saturated heterocycles. The second-order valence-corrected chi connectivity index (χ2v) is 7.07. The van der Waals surface area contributed by atoms with Crippen LogP contribution in [0.15, 0.2) is 17.3 Å². The molecular weight excluding hydrogens is 282 g/mol. The van der Waals surface area contributed by atoms with Crippen molar-refractivity contribution in [3.63, 3.8) is 0 Å². The lowest BCUT2D eigenvalue weighted by atomic mass is 9.96. The van der Waals surface area contributed by atoms with Crippen molar-refractivity contribution in [3.05, 3.63) is 12.4 Å². The fourth-order valence-electron chi connectivity index (χ4n) is 2.87. The first-order chi connectivity index (χ1) is 9.58. The molecule has 0 amide bonds. The Morgan fingerprint density at radius 1 is 1.50 bits per heavy atom. The van der Waals surface area contributed by atoms with Gasteiger partial charge in [-0.15, -0.1) is 0 Å². The highest BCUT2D eigenvalue weighted by atomic mass is 32.2. The molecule has 0 aromatic carbocycles. The first kappa shape index (κ1) is 14.0. The van der Waals surface area contributed by atoms with Crippen molar-refractivity contribution in [1.82, 2.24) is 14.5 Å². The molecule has 1 aromatic heterocycles. The van der Waals surface area contributed by atoms with Crippen LogP contribution in [-0.4, -0.2) is 48.2 Å². The van der Waals surface area contributed by atoms with Crippen LogP contribution in [0.25, 0.3) is 0 Å². The zero-order valence-electron chi connectivity index (χ0n) is 11.1. The van der Waals surface area contributed by atoms with Crippen LogP contribution in [0.2, 0.25) is 0 Å². The van der Waals surface area contributed by atoms with Gasteiger partial charge in [0, 0.05) is 19.3 Å². The van der Waals surface area contributed by atoms with Gasteiger partial charge >= 0.3 is 0 Å². The van der Waals surface area contributed by atoms with E-state index in [9.17, 15) is 8.42 Å². The zero-order chi connectivity index (χ0) is 14.2. The third kappa shape index (κ3) is 2.73. The van der Waals surface area contributed by atoms with Crippen LogP contribution >= 0.6 is 0 Å². The first-order valence-electron chi connectivity index (χ1n) is 6.89. The number of aliphatic hydroxyl groups excluding tert-OH is 1. The third-order valence-electron chi connectivity index (χ3n) is 3.88. The predicted molar refractivity (Wildman–Crippen MR) is 70.6 cm³/mol. The Balaban J connectivity index is 1.67. The van der Waals surface area contributed by atoms with E-state index in [1.807, 2.05) is 0 Å². The quantitative estimate of drug-likeness (QED) is 0.763. The van der Waals surface area contributed by atoms with E-state index in [1.165, 1.54) is 17.1 Å². The van der Waals surface area contributed by atoms with Gasteiger partial charge in [-0.1, -0.05) is 0 Å².